The monoisotopic (exact) mass is 478 g/mol. The second-order valence-corrected chi connectivity index (χ2v) is 10.1. The predicted molar refractivity (Wildman–Crippen MR) is 134 cm³/mol. The van der Waals surface area contributed by atoms with Gasteiger partial charge in [0.15, 0.2) is 0 Å². The summed E-state index contributed by atoms with van der Waals surface area (Å²) in [5, 5.41) is 16.8. The zero-order valence-corrected chi connectivity index (χ0v) is 20.3. The first kappa shape index (κ1) is 24.1. The first-order valence-electron chi connectivity index (χ1n) is 11.8. The number of unbranched alkanes of at least 4 members (excludes halogenated alkanes) is 1. The van der Waals surface area contributed by atoms with E-state index >= 15 is 0 Å². The molecule has 0 fully saturated rings. The molecule has 2 N–H and O–H groups in total. The van der Waals surface area contributed by atoms with Gasteiger partial charge in [-0.1, -0.05) is 50.2 Å². The third-order valence-electron chi connectivity index (χ3n) is 6.28. The number of carbonyl (C=O) groups excluding carboxylic acids is 2. The fourth-order valence-corrected chi connectivity index (χ4v) is 5.78. The summed E-state index contributed by atoms with van der Waals surface area (Å²) < 4.78 is 0. The van der Waals surface area contributed by atoms with Gasteiger partial charge in [-0.15, -0.1) is 11.3 Å². The lowest BCUT2D eigenvalue weighted by Crippen LogP contribution is -2.38. The van der Waals surface area contributed by atoms with Gasteiger partial charge in [0.05, 0.1) is 17.2 Å². The van der Waals surface area contributed by atoms with E-state index in [0.717, 1.165) is 28.5 Å². The van der Waals surface area contributed by atoms with Crippen LogP contribution in [0, 0.1) is 5.92 Å². The number of aliphatic carboxylic acids is 1. The van der Waals surface area contributed by atoms with Crippen molar-refractivity contribution in [1.29, 1.82) is 0 Å². The number of carbonyl (C=O) groups is 3. The van der Waals surface area contributed by atoms with Crippen molar-refractivity contribution in [3.05, 3.63) is 69.9 Å². The van der Waals surface area contributed by atoms with Crippen molar-refractivity contribution in [2.75, 3.05) is 6.54 Å². The zero-order chi connectivity index (χ0) is 24.2. The fraction of sp³-hybridized carbons (Fsp3) is 0.370. The highest BCUT2D eigenvalue weighted by molar-refractivity contribution is 7.11. The van der Waals surface area contributed by atoms with Crippen molar-refractivity contribution < 1.29 is 19.5 Å². The van der Waals surface area contributed by atoms with Crippen LogP contribution in [-0.4, -0.2) is 40.4 Å². The molecular formula is C27H30N2O4S. The van der Waals surface area contributed by atoms with Crippen LogP contribution in [0.15, 0.2) is 53.9 Å². The van der Waals surface area contributed by atoms with Crippen molar-refractivity contribution >= 4 is 39.9 Å². The highest BCUT2D eigenvalue weighted by Gasteiger charge is 2.41. The van der Waals surface area contributed by atoms with E-state index < -0.39 is 12.0 Å². The Morgan fingerprint density at radius 3 is 2.29 bits per heavy atom. The van der Waals surface area contributed by atoms with E-state index in [9.17, 15) is 19.5 Å². The molecule has 6 nitrogen and oxygen atoms in total. The lowest BCUT2D eigenvalue weighted by molar-refractivity contribution is -0.139. The number of hydrogen-bond acceptors (Lipinski definition) is 5. The van der Waals surface area contributed by atoms with Gasteiger partial charge < -0.3 is 10.4 Å². The molecule has 1 aliphatic heterocycles. The average Bonchev–Trinajstić information content (AvgIpc) is 3.35. The Labute approximate surface area is 203 Å². The Hall–Kier alpha value is -3.03. The topological polar surface area (TPSA) is 86.7 Å². The van der Waals surface area contributed by atoms with Crippen LogP contribution in [0.4, 0.5) is 0 Å². The van der Waals surface area contributed by atoms with Gasteiger partial charge >= 0.3 is 5.97 Å². The highest BCUT2D eigenvalue weighted by Crippen LogP contribution is 2.40. The molecule has 178 valence electrons. The number of carboxylic acids is 1. The lowest BCUT2D eigenvalue weighted by Gasteiger charge is -2.26. The molecule has 0 unspecified atom stereocenters. The lowest BCUT2D eigenvalue weighted by atomic mass is 10.0. The molecule has 1 aliphatic rings. The predicted octanol–water partition coefficient (Wildman–Crippen LogP) is 5.50. The van der Waals surface area contributed by atoms with Crippen LogP contribution in [0.25, 0.3) is 10.8 Å². The SMILES string of the molecule is CC(C)C[C@H](NCCCC[C@@H](c1scc2ccccc12)N1C(=O)c2ccccc2C1=O)C(=O)O. The van der Waals surface area contributed by atoms with E-state index in [0.29, 0.717) is 36.4 Å². The van der Waals surface area contributed by atoms with Crippen molar-refractivity contribution in [2.45, 2.75) is 51.6 Å². The van der Waals surface area contributed by atoms with Crippen LogP contribution in [0.1, 0.15) is 71.2 Å². The number of nitrogens with zero attached hydrogens (tertiary/aromatic N) is 1. The minimum Gasteiger partial charge on any atom is -0.480 e. The van der Waals surface area contributed by atoms with E-state index in [1.165, 1.54) is 4.90 Å². The maximum Gasteiger partial charge on any atom is 0.320 e. The summed E-state index contributed by atoms with van der Waals surface area (Å²) in [6.07, 6.45) is 2.71. The number of rotatable bonds is 11. The number of benzene rings is 2. The molecule has 0 saturated heterocycles. The number of imide groups is 1. The first-order chi connectivity index (χ1) is 16.4. The number of fused-ring (bicyclic) bond motifs is 2. The Morgan fingerprint density at radius 2 is 1.65 bits per heavy atom. The second-order valence-electron chi connectivity index (χ2n) is 9.20. The van der Waals surface area contributed by atoms with Gasteiger partial charge in [0.25, 0.3) is 11.8 Å². The number of amides is 2. The number of thiophene rings is 1. The van der Waals surface area contributed by atoms with Crippen LogP contribution in [0.2, 0.25) is 0 Å². The van der Waals surface area contributed by atoms with E-state index in [1.54, 1.807) is 35.6 Å². The summed E-state index contributed by atoms with van der Waals surface area (Å²) in [5.41, 5.74) is 0.913. The molecule has 34 heavy (non-hydrogen) atoms. The Morgan fingerprint density at radius 1 is 1.00 bits per heavy atom. The smallest absolute Gasteiger partial charge is 0.320 e. The van der Waals surface area contributed by atoms with Gasteiger partial charge in [0, 0.05) is 4.88 Å². The molecule has 2 atom stereocenters. The minimum absolute atomic E-state index is 0.246. The zero-order valence-electron chi connectivity index (χ0n) is 19.5. The van der Waals surface area contributed by atoms with Crippen molar-refractivity contribution in [2.24, 2.45) is 5.92 Å². The van der Waals surface area contributed by atoms with Crippen LogP contribution >= 0.6 is 11.3 Å². The van der Waals surface area contributed by atoms with Gasteiger partial charge in [0.2, 0.25) is 0 Å². The molecule has 1 aromatic heterocycles. The molecule has 2 aromatic carbocycles. The van der Waals surface area contributed by atoms with E-state index in [4.69, 9.17) is 0 Å². The van der Waals surface area contributed by atoms with Crippen LogP contribution < -0.4 is 5.32 Å². The number of nitrogens with one attached hydrogen (secondary N) is 1. The quantitative estimate of drug-likeness (QED) is 0.281. The van der Waals surface area contributed by atoms with Crippen LogP contribution in [0.3, 0.4) is 0 Å². The maximum absolute atomic E-state index is 13.3. The van der Waals surface area contributed by atoms with Crippen molar-refractivity contribution in [1.82, 2.24) is 10.2 Å². The highest BCUT2D eigenvalue weighted by atomic mass is 32.1. The van der Waals surface area contributed by atoms with E-state index in [-0.39, 0.29) is 17.9 Å². The Kier molecular flexibility index (Phi) is 7.44. The molecule has 0 aliphatic carbocycles. The van der Waals surface area contributed by atoms with Crippen LogP contribution in [-0.2, 0) is 4.79 Å². The van der Waals surface area contributed by atoms with Gasteiger partial charge in [-0.25, -0.2) is 0 Å². The van der Waals surface area contributed by atoms with Gasteiger partial charge in [-0.05, 0) is 66.4 Å². The summed E-state index contributed by atoms with van der Waals surface area (Å²) in [6, 6.07) is 14.1. The fourth-order valence-electron chi connectivity index (χ4n) is 4.62. The van der Waals surface area contributed by atoms with E-state index in [2.05, 4.69) is 10.7 Å². The summed E-state index contributed by atoms with van der Waals surface area (Å²) in [7, 11) is 0. The van der Waals surface area contributed by atoms with E-state index in [1.807, 2.05) is 38.1 Å². The number of carboxylic acid groups (broad SMARTS) is 1. The van der Waals surface area contributed by atoms with Crippen molar-refractivity contribution in [3.63, 3.8) is 0 Å². The van der Waals surface area contributed by atoms with Crippen molar-refractivity contribution in [3.8, 4) is 0 Å². The Bertz CT molecular complexity index is 1170. The molecule has 2 heterocycles. The summed E-state index contributed by atoms with van der Waals surface area (Å²) in [6.45, 7) is 4.59. The molecule has 0 saturated carbocycles. The van der Waals surface area contributed by atoms with Gasteiger partial charge in [-0.3, -0.25) is 19.3 Å². The standard InChI is InChI=1S/C27H30N2O4S/c1-17(2)15-22(27(32)33)28-14-8-7-13-23(24-19-10-4-3-9-18(19)16-34-24)29-25(30)20-11-5-6-12-21(20)26(29)31/h3-6,9-12,16-17,22-23,28H,7-8,13-15H2,1-2H3,(H,32,33)/t22-,23-/m0/s1. The van der Waals surface area contributed by atoms with Crippen LogP contribution in [0.5, 0.6) is 0 Å². The average molecular weight is 479 g/mol. The molecule has 0 radical (unpaired) electrons. The Balaban J connectivity index is 1.51. The third kappa shape index (κ3) is 4.91. The maximum atomic E-state index is 13.3. The molecule has 3 aromatic rings. The molecule has 2 amide bonds. The normalized spacial score (nSPS) is 15.2. The first-order valence-corrected chi connectivity index (χ1v) is 12.7. The molecule has 0 bridgehead atoms. The minimum atomic E-state index is -0.831. The summed E-state index contributed by atoms with van der Waals surface area (Å²) in [5.74, 6) is -1.03. The molecule has 0 spiro atoms. The summed E-state index contributed by atoms with van der Waals surface area (Å²) >= 11 is 1.58. The molecule has 4 rings (SSSR count). The second kappa shape index (κ2) is 10.5. The van der Waals surface area contributed by atoms with Gasteiger partial charge in [-0.2, -0.15) is 0 Å². The summed E-state index contributed by atoms with van der Waals surface area (Å²) in [4.78, 5) is 40.5. The number of hydrogen-bond donors (Lipinski definition) is 2. The third-order valence-corrected chi connectivity index (χ3v) is 7.40. The van der Waals surface area contributed by atoms with Gasteiger partial charge in [0.1, 0.15) is 6.04 Å². The molecule has 7 heteroatoms. The largest absolute Gasteiger partial charge is 0.480 e. The molecular weight excluding hydrogens is 448 g/mol.